The van der Waals surface area contributed by atoms with Gasteiger partial charge in [0.1, 0.15) is 0 Å². The highest BCUT2D eigenvalue weighted by Gasteiger charge is 2.19. The fourth-order valence-electron chi connectivity index (χ4n) is 2.56. The fourth-order valence-corrected chi connectivity index (χ4v) is 3.39. The van der Waals surface area contributed by atoms with Crippen LogP contribution in [0.25, 0.3) is 10.9 Å². The number of rotatable bonds is 5. The van der Waals surface area contributed by atoms with Crippen LogP contribution < -0.4 is 5.32 Å². The van der Waals surface area contributed by atoms with Crippen molar-refractivity contribution in [1.82, 2.24) is 19.9 Å². The number of aryl methyl sites for hydroxylation is 1. The SMILES string of the molecule is CCCc1nnsc1C(NC)c1ccc2cccnc2c1. The Labute approximate surface area is 128 Å². The van der Waals surface area contributed by atoms with E-state index in [0.29, 0.717) is 0 Å². The Morgan fingerprint density at radius 2 is 2.19 bits per heavy atom. The molecule has 1 atom stereocenters. The molecule has 0 aliphatic rings. The van der Waals surface area contributed by atoms with E-state index in [1.54, 1.807) is 0 Å². The summed E-state index contributed by atoms with van der Waals surface area (Å²) in [4.78, 5) is 5.65. The first-order chi connectivity index (χ1) is 10.3. The number of fused-ring (bicyclic) bond motifs is 1. The molecule has 21 heavy (non-hydrogen) atoms. The van der Waals surface area contributed by atoms with E-state index in [4.69, 9.17) is 0 Å². The summed E-state index contributed by atoms with van der Waals surface area (Å²) < 4.78 is 4.13. The van der Waals surface area contributed by atoms with E-state index in [1.165, 1.54) is 22.0 Å². The fraction of sp³-hybridized carbons (Fsp3) is 0.312. The van der Waals surface area contributed by atoms with E-state index < -0.39 is 0 Å². The molecule has 5 heteroatoms. The summed E-state index contributed by atoms with van der Waals surface area (Å²) in [5, 5.41) is 8.82. The first-order valence-corrected chi connectivity index (χ1v) is 7.94. The lowest BCUT2D eigenvalue weighted by Gasteiger charge is -2.16. The smallest absolute Gasteiger partial charge is 0.0807 e. The molecule has 0 fully saturated rings. The van der Waals surface area contributed by atoms with Crippen molar-refractivity contribution in [3.05, 3.63) is 52.7 Å². The Balaban J connectivity index is 2.03. The van der Waals surface area contributed by atoms with Gasteiger partial charge in [0.15, 0.2) is 0 Å². The number of hydrogen-bond acceptors (Lipinski definition) is 5. The number of pyridine rings is 1. The number of benzene rings is 1. The lowest BCUT2D eigenvalue weighted by atomic mass is 10.0. The van der Waals surface area contributed by atoms with Gasteiger partial charge < -0.3 is 5.32 Å². The van der Waals surface area contributed by atoms with Crippen molar-refractivity contribution in [2.45, 2.75) is 25.8 Å². The van der Waals surface area contributed by atoms with Gasteiger partial charge in [-0.1, -0.05) is 36.0 Å². The number of nitrogens with zero attached hydrogens (tertiary/aromatic N) is 3. The minimum Gasteiger partial charge on any atom is -0.309 e. The summed E-state index contributed by atoms with van der Waals surface area (Å²) in [7, 11) is 1.97. The summed E-state index contributed by atoms with van der Waals surface area (Å²) in [6.07, 6.45) is 3.88. The van der Waals surface area contributed by atoms with Crippen molar-refractivity contribution >= 4 is 22.4 Å². The maximum atomic E-state index is 4.44. The summed E-state index contributed by atoms with van der Waals surface area (Å²) in [6, 6.07) is 10.6. The minimum absolute atomic E-state index is 0.123. The largest absolute Gasteiger partial charge is 0.309 e. The molecule has 2 aromatic heterocycles. The highest BCUT2D eigenvalue weighted by Crippen LogP contribution is 2.29. The number of nitrogens with one attached hydrogen (secondary N) is 1. The molecule has 0 saturated heterocycles. The molecule has 3 rings (SSSR count). The highest BCUT2D eigenvalue weighted by atomic mass is 32.1. The average Bonchev–Trinajstić information content (AvgIpc) is 2.97. The number of hydrogen-bond donors (Lipinski definition) is 1. The normalized spacial score (nSPS) is 12.7. The zero-order chi connectivity index (χ0) is 14.7. The van der Waals surface area contributed by atoms with Crippen molar-refractivity contribution < 1.29 is 0 Å². The average molecular weight is 298 g/mol. The standard InChI is InChI=1S/C16H18N4S/c1-3-5-13-16(21-20-19-13)15(17-2)12-8-7-11-6-4-9-18-14(11)10-12/h4,6-10,15,17H,3,5H2,1-2H3. The Morgan fingerprint density at radius 3 is 3.00 bits per heavy atom. The summed E-state index contributed by atoms with van der Waals surface area (Å²) in [5.74, 6) is 0. The van der Waals surface area contributed by atoms with Crippen molar-refractivity contribution in [3.8, 4) is 0 Å². The molecule has 0 radical (unpaired) electrons. The molecule has 1 N–H and O–H groups in total. The molecule has 0 bridgehead atoms. The van der Waals surface area contributed by atoms with Crippen molar-refractivity contribution in [2.75, 3.05) is 7.05 Å². The van der Waals surface area contributed by atoms with Crippen LogP contribution in [0.3, 0.4) is 0 Å². The Hall–Kier alpha value is -1.85. The van der Waals surface area contributed by atoms with Gasteiger partial charge >= 0.3 is 0 Å². The molecule has 3 aromatic rings. The van der Waals surface area contributed by atoms with Crippen LogP contribution in [0, 0.1) is 0 Å². The second kappa shape index (κ2) is 6.28. The lowest BCUT2D eigenvalue weighted by molar-refractivity contribution is 0.689. The molecular formula is C16H18N4S. The zero-order valence-corrected chi connectivity index (χ0v) is 13.0. The molecule has 0 saturated carbocycles. The first-order valence-electron chi connectivity index (χ1n) is 7.16. The second-order valence-corrected chi connectivity index (χ2v) is 5.80. The second-order valence-electron chi connectivity index (χ2n) is 5.01. The molecule has 2 heterocycles. The predicted molar refractivity (Wildman–Crippen MR) is 86.5 cm³/mol. The van der Waals surface area contributed by atoms with Crippen molar-refractivity contribution in [1.29, 1.82) is 0 Å². The molecule has 4 nitrogen and oxygen atoms in total. The molecule has 1 unspecified atom stereocenters. The van der Waals surface area contributed by atoms with E-state index in [9.17, 15) is 0 Å². The Bertz CT molecular complexity index is 738. The van der Waals surface area contributed by atoms with E-state index in [-0.39, 0.29) is 6.04 Å². The third-order valence-electron chi connectivity index (χ3n) is 3.59. The summed E-state index contributed by atoms with van der Waals surface area (Å²) in [6.45, 7) is 2.16. The van der Waals surface area contributed by atoms with Crippen molar-refractivity contribution in [2.24, 2.45) is 0 Å². The molecular weight excluding hydrogens is 280 g/mol. The summed E-state index contributed by atoms with van der Waals surface area (Å²) in [5.41, 5.74) is 3.32. The van der Waals surface area contributed by atoms with E-state index in [1.807, 2.05) is 19.3 Å². The molecule has 0 amide bonds. The van der Waals surface area contributed by atoms with Crippen molar-refractivity contribution in [3.63, 3.8) is 0 Å². The molecule has 1 aromatic carbocycles. The molecule has 108 valence electrons. The maximum Gasteiger partial charge on any atom is 0.0807 e. The van der Waals surface area contributed by atoms with E-state index in [2.05, 4.69) is 51.1 Å². The van der Waals surface area contributed by atoms with Gasteiger partial charge in [0.25, 0.3) is 0 Å². The third kappa shape index (κ3) is 2.80. The topological polar surface area (TPSA) is 50.7 Å². The molecule has 0 aliphatic carbocycles. The van der Waals surface area contributed by atoms with Crippen LogP contribution in [-0.2, 0) is 6.42 Å². The molecule has 0 aliphatic heterocycles. The quantitative estimate of drug-likeness (QED) is 0.785. The lowest BCUT2D eigenvalue weighted by Crippen LogP contribution is -2.18. The van der Waals surface area contributed by atoms with Crippen LogP contribution in [0.1, 0.15) is 35.5 Å². The monoisotopic (exact) mass is 298 g/mol. The van der Waals surface area contributed by atoms with Crippen LogP contribution in [-0.4, -0.2) is 21.6 Å². The van der Waals surface area contributed by atoms with Crippen LogP contribution in [0.15, 0.2) is 36.5 Å². The van der Waals surface area contributed by atoms with E-state index in [0.717, 1.165) is 29.4 Å². The maximum absolute atomic E-state index is 4.44. The van der Waals surface area contributed by atoms with Gasteiger partial charge in [0, 0.05) is 11.6 Å². The van der Waals surface area contributed by atoms with Crippen LogP contribution in [0.2, 0.25) is 0 Å². The van der Waals surface area contributed by atoms with Crippen LogP contribution in [0.5, 0.6) is 0 Å². The highest BCUT2D eigenvalue weighted by molar-refractivity contribution is 7.05. The Kier molecular flexibility index (Phi) is 4.22. The molecule has 0 spiro atoms. The first kappa shape index (κ1) is 14.1. The third-order valence-corrected chi connectivity index (χ3v) is 4.42. The minimum atomic E-state index is 0.123. The van der Waals surface area contributed by atoms with Gasteiger partial charge in [0.2, 0.25) is 0 Å². The van der Waals surface area contributed by atoms with Gasteiger partial charge in [-0.15, -0.1) is 5.10 Å². The predicted octanol–water partition coefficient (Wildman–Crippen LogP) is 3.35. The Morgan fingerprint density at radius 1 is 1.29 bits per heavy atom. The zero-order valence-electron chi connectivity index (χ0n) is 12.2. The van der Waals surface area contributed by atoms with Gasteiger partial charge in [-0.25, -0.2) is 0 Å². The number of aromatic nitrogens is 3. The summed E-state index contributed by atoms with van der Waals surface area (Å²) >= 11 is 1.48. The van der Waals surface area contributed by atoms with Gasteiger partial charge in [-0.05, 0) is 42.7 Å². The van der Waals surface area contributed by atoms with Gasteiger partial charge in [0.05, 0.1) is 22.1 Å². The van der Waals surface area contributed by atoms with Crippen LogP contribution >= 0.6 is 11.5 Å². The van der Waals surface area contributed by atoms with E-state index >= 15 is 0 Å². The van der Waals surface area contributed by atoms with Crippen LogP contribution in [0.4, 0.5) is 0 Å². The van der Waals surface area contributed by atoms with Gasteiger partial charge in [-0.2, -0.15) is 0 Å². The van der Waals surface area contributed by atoms with Gasteiger partial charge in [-0.3, -0.25) is 4.98 Å².